The SMILES string of the molecule is COc1ccc(C(=O)NCCN2C(=O)S/C(=C\c3ccc4c(c3)OCO4)C2=O)cc1. The third-order valence-corrected chi connectivity index (χ3v) is 5.45. The van der Waals surface area contributed by atoms with Crippen LogP contribution in [0, 0.1) is 0 Å². The van der Waals surface area contributed by atoms with Crippen LogP contribution in [0.2, 0.25) is 0 Å². The van der Waals surface area contributed by atoms with Crippen LogP contribution in [0.1, 0.15) is 15.9 Å². The summed E-state index contributed by atoms with van der Waals surface area (Å²) in [7, 11) is 1.55. The molecule has 0 spiro atoms. The first kappa shape index (κ1) is 19.8. The van der Waals surface area contributed by atoms with Crippen LogP contribution in [0.4, 0.5) is 4.79 Å². The molecule has 1 fully saturated rings. The van der Waals surface area contributed by atoms with E-state index in [1.54, 1.807) is 55.7 Å². The number of imide groups is 1. The molecular formula is C21H18N2O6S. The first-order chi connectivity index (χ1) is 14.5. The van der Waals surface area contributed by atoms with Crippen LogP contribution in [0.15, 0.2) is 47.4 Å². The van der Waals surface area contributed by atoms with Crippen molar-refractivity contribution in [3.8, 4) is 17.2 Å². The zero-order valence-corrected chi connectivity index (χ0v) is 16.9. The zero-order valence-electron chi connectivity index (χ0n) is 16.0. The van der Waals surface area contributed by atoms with Gasteiger partial charge in [-0.3, -0.25) is 19.3 Å². The number of rotatable bonds is 6. The van der Waals surface area contributed by atoms with Gasteiger partial charge in [-0.25, -0.2) is 0 Å². The Hall–Kier alpha value is -3.46. The number of nitrogens with zero attached hydrogens (tertiary/aromatic N) is 1. The number of ether oxygens (including phenoxy) is 3. The lowest BCUT2D eigenvalue weighted by Gasteiger charge is -2.13. The molecule has 1 N–H and O–H groups in total. The molecule has 154 valence electrons. The van der Waals surface area contributed by atoms with Crippen molar-refractivity contribution in [1.82, 2.24) is 10.2 Å². The topological polar surface area (TPSA) is 94.2 Å². The standard InChI is InChI=1S/C21H18N2O6S/c1-27-15-5-3-14(4-6-15)19(24)22-8-9-23-20(25)18(30-21(23)26)11-13-2-7-16-17(10-13)29-12-28-16/h2-7,10-11H,8-9,12H2,1H3,(H,22,24)/b18-11-. The molecule has 3 amide bonds. The summed E-state index contributed by atoms with van der Waals surface area (Å²) in [6.45, 7) is 0.406. The number of carbonyl (C=O) groups is 3. The van der Waals surface area contributed by atoms with Crippen LogP contribution in [0.5, 0.6) is 17.2 Å². The number of thioether (sulfide) groups is 1. The van der Waals surface area contributed by atoms with Gasteiger partial charge in [-0.05, 0) is 59.8 Å². The maximum absolute atomic E-state index is 12.6. The molecule has 0 unspecified atom stereocenters. The zero-order chi connectivity index (χ0) is 21.1. The van der Waals surface area contributed by atoms with E-state index >= 15 is 0 Å². The van der Waals surface area contributed by atoms with Crippen LogP contribution in [0.3, 0.4) is 0 Å². The molecular weight excluding hydrogens is 408 g/mol. The van der Waals surface area contributed by atoms with E-state index < -0.39 is 0 Å². The number of nitrogens with one attached hydrogen (secondary N) is 1. The van der Waals surface area contributed by atoms with Gasteiger partial charge >= 0.3 is 0 Å². The number of amides is 3. The maximum atomic E-state index is 12.6. The van der Waals surface area contributed by atoms with Gasteiger partial charge in [0.25, 0.3) is 17.1 Å². The molecule has 2 aromatic carbocycles. The van der Waals surface area contributed by atoms with Gasteiger partial charge in [0.1, 0.15) is 5.75 Å². The Labute approximate surface area is 176 Å². The summed E-state index contributed by atoms with van der Waals surface area (Å²) in [6, 6.07) is 12.0. The molecule has 2 aliphatic rings. The van der Waals surface area contributed by atoms with Crippen LogP contribution in [-0.4, -0.2) is 48.9 Å². The van der Waals surface area contributed by atoms with Gasteiger partial charge in [-0.15, -0.1) is 0 Å². The fourth-order valence-electron chi connectivity index (χ4n) is 2.97. The van der Waals surface area contributed by atoms with Gasteiger partial charge < -0.3 is 19.5 Å². The number of benzene rings is 2. The molecule has 0 aliphatic carbocycles. The number of fused-ring (bicyclic) bond motifs is 1. The minimum absolute atomic E-state index is 0.0883. The Morgan fingerprint density at radius 3 is 2.70 bits per heavy atom. The Bertz CT molecular complexity index is 1030. The lowest BCUT2D eigenvalue weighted by molar-refractivity contribution is -0.122. The van der Waals surface area contributed by atoms with E-state index in [4.69, 9.17) is 14.2 Å². The van der Waals surface area contributed by atoms with Gasteiger partial charge in [0.05, 0.1) is 12.0 Å². The summed E-state index contributed by atoms with van der Waals surface area (Å²) in [6.07, 6.45) is 1.64. The fourth-order valence-corrected chi connectivity index (χ4v) is 3.84. The highest BCUT2D eigenvalue weighted by Gasteiger charge is 2.34. The molecule has 0 aromatic heterocycles. The Morgan fingerprint density at radius 1 is 1.17 bits per heavy atom. The molecule has 0 saturated carbocycles. The predicted molar refractivity (Wildman–Crippen MR) is 111 cm³/mol. The summed E-state index contributed by atoms with van der Waals surface area (Å²) >= 11 is 0.869. The minimum atomic E-state index is -0.388. The second-order valence-corrected chi connectivity index (χ2v) is 7.42. The molecule has 0 radical (unpaired) electrons. The first-order valence-corrected chi connectivity index (χ1v) is 9.94. The van der Waals surface area contributed by atoms with Crippen molar-refractivity contribution < 1.29 is 28.6 Å². The van der Waals surface area contributed by atoms with Crippen molar-refractivity contribution in [2.75, 3.05) is 27.0 Å². The highest BCUT2D eigenvalue weighted by molar-refractivity contribution is 8.18. The van der Waals surface area contributed by atoms with E-state index in [2.05, 4.69) is 5.32 Å². The lowest BCUT2D eigenvalue weighted by Crippen LogP contribution is -2.37. The third kappa shape index (κ3) is 4.11. The van der Waals surface area contributed by atoms with E-state index in [9.17, 15) is 14.4 Å². The lowest BCUT2D eigenvalue weighted by atomic mass is 10.2. The molecule has 2 aliphatic heterocycles. The van der Waals surface area contributed by atoms with Crippen molar-refractivity contribution in [3.05, 3.63) is 58.5 Å². The average molecular weight is 426 g/mol. The molecule has 0 bridgehead atoms. The fraction of sp³-hybridized carbons (Fsp3) is 0.190. The van der Waals surface area contributed by atoms with Gasteiger partial charge in [-0.2, -0.15) is 0 Å². The molecule has 8 nitrogen and oxygen atoms in total. The van der Waals surface area contributed by atoms with Gasteiger partial charge in [0.15, 0.2) is 11.5 Å². The molecule has 2 aromatic rings. The van der Waals surface area contributed by atoms with Crippen LogP contribution in [-0.2, 0) is 4.79 Å². The quantitative estimate of drug-likeness (QED) is 0.710. The molecule has 0 atom stereocenters. The van der Waals surface area contributed by atoms with E-state index in [-0.39, 0.29) is 36.9 Å². The van der Waals surface area contributed by atoms with Crippen molar-refractivity contribution in [3.63, 3.8) is 0 Å². The van der Waals surface area contributed by atoms with Crippen molar-refractivity contribution in [2.24, 2.45) is 0 Å². The number of carbonyl (C=O) groups excluding carboxylic acids is 3. The molecule has 4 rings (SSSR count). The summed E-state index contributed by atoms with van der Waals surface area (Å²) in [5, 5.41) is 2.34. The number of hydrogen-bond acceptors (Lipinski definition) is 7. The van der Waals surface area contributed by atoms with E-state index in [1.165, 1.54) is 0 Å². The average Bonchev–Trinajstić information content (AvgIpc) is 3.33. The Balaban J connectivity index is 1.35. The highest BCUT2D eigenvalue weighted by atomic mass is 32.2. The largest absolute Gasteiger partial charge is 0.497 e. The minimum Gasteiger partial charge on any atom is -0.497 e. The van der Waals surface area contributed by atoms with Crippen LogP contribution < -0.4 is 19.5 Å². The van der Waals surface area contributed by atoms with Crippen LogP contribution >= 0.6 is 11.8 Å². The van der Waals surface area contributed by atoms with Crippen LogP contribution in [0.25, 0.3) is 6.08 Å². The van der Waals surface area contributed by atoms with Crippen molar-refractivity contribution in [1.29, 1.82) is 0 Å². The molecule has 30 heavy (non-hydrogen) atoms. The van der Waals surface area contributed by atoms with Gasteiger partial charge in [0, 0.05) is 18.7 Å². The van der Waals surface area contributed by atoms with Gasteiger partial charge in [0.2, 0.25) is 6.79 Å². The summed E-state index contributed by atoms with van der Waals surface area (Å²) < 4.78 is 15.7. The predicted octanol–water partition coefficient (Wildman–Crippen LogP) is 2.89. The van der Waals surface area contributed by atoms with E-state index in [1.807, 2.05) is 0 Å². The first-order valence-electron chi connectivity index (χ1n) is 9.12. The normalized spacial score (nSPS) is 16.3. The Kier molecular flexibility index (Phi) is 5.62. The second-order valence-electron chi connectivity index (χ2n) is 6.43. The molecule has 1 saturated heterocycles. The smallest absolute Gasteiger partial charge is 0.293 e. The van der Waals surface area contributed by atoms with Gasteiger partial charge in [-0.1, -0.05) is 6.07 Å². The van der Waals surface area contributed by atoms with E-state index in [0.717, 1.165) is 22.2 Å². The second kappa shape index (κ2) is 8.50. The summed E-state index contributed by atoms with van der Waals surface area (Å²) in [5.41, 5.74) is 1.20. The van der Waals surface area contributed by atoms with Crippen molar-refractivity contribution in [2.45, 2.75) is 0 Å². The third-order valence-electron chi connectivity index (χ3n) is 4.54. The Morgan fingerprint density at radius 2 is 1.93 bits per heavy atom. The van der Waals surface area contributed by atoms with Crippen molar-refractivity contribution >= 4 is 34.9 Å². The summed E-state index contributed by atoms with van der Waals surface area (Å²) in [4.78, 5) is 38.5. The monoisotopic (exact) mass is 426 g/mol. The molecule has 9 heteroatoms. The van der Waals surface area contributed by atoms with E-state index in [0.29, 0.717) is 27.7 Å². The number of hydrogen-bond donors (Lipinski definition) is 1. The highest BCUT2D eigenvalue weighted by Crippen LogP contribution is 2.36. The number of methoxy groups -OCH3 is 1. The summed E-state index contributed by atoms with van der Waals surface area (Å²) in [5.74, 6) is 1.22. The maximum Gasteiger partial charge on any atom is 0.293 e. The molecule has 2 heterocycles.